The van der Waals surface area contributed by atoms with Crippen LogP contribution in [0.25, 0.3) is 0 Å². The van der Waals surface area contributed by atoms with Gasteiger partial charge in [-0.3, -0.25) is 4.79 Å². The Kier molecular flexibility index (Phi) is 4.84. The fourth-order valence-electron chi connectivity index (χ4n) is 2.60. The number of rotatable bonds is 5. The van der Waals surface area contributed by atoms with Crippen LogP contribution in [-0.4, -0.2) is 37.7 Å². The Morgan fingerprint density at radius 1 is 1.30 bits per heavy atom. The van der Waals surface area contributed by atoms with Gasteiger partial charge in [0.25, 0.3) is 0 Å². The largest absolute Gasteiger partial charge is 0.504 e. The Morgan fingerprint density at radius 2 is 2.05 bits per heavy atom. The van der Waals surface area contributed by atoms with E-state index in [0.717, 1.165) is 19.4 Å². The summed E-state index contributed by atoms with van der Waals surface area (Å²) in [5.74, 6) is 0.472. The van der Waals surface area contributed by atoms with E-state index >= 15 is 0 Å². The molecule has 1 aromatic rings. The summed E-state index contributed by atoms with van der Waals surface area (Å²) in [6.45, 7) is 0.966. The predicted octanol–water partition coefficient (Wildman–Crippen LogP) is 2.12. The molecule has 1 atom stereocenters. The average Bonchev–Trinajstić information content (AvgIpc) is 2.47. The van der Waals surface area contributed by atoms with Crippen molar-refractivity contribution < 1.29 is 19.4 Å². The number of methoxy groups -OCH3 is 2. The molecule has 5 nitrogen and oxygen atoms in total. The molecule has 0 aliphatic carbocycles. The quantitative estimate of drug-likeness (QED) is 0.808. The summed E-state index contributed by atoms with van der Waals surface area (Å²) in [5, 5.41) is 13.1. The summed E-state index contributed by atoms with van der Waals surface area (Å²) >= 11 is 0. The van der Waals surface area contributed by atoms with Gasteiger partial charge >= 0.3 is 0 Å². The molecule has 2 rings (SSSR count). The van der Waals surface area contributed by atoms with Gasteiger partial charge in [0.15, 0.2) is 17.3 Å². The molecule has 1 unspecified atom stereocenters. The van der Waals surface area contributed by atoms with Crippen LogP contribution in [0.4, 0.5) is 0 Å². The van der Waals surface area contributed by atoms with Crippen LogP contribution in [-0.2, 0) is 0 Å². The number of carbonyl (C=O) groups excluding carboxylic acids is 1. The molecule has 0 spiro atoms. The average molecular weight is 279 g/mol. The lowest BCUT2D eigenvalue weighted by atomic mass is 9.96. The lowest BCUT2D eigenvalue weighted by molar-refractivity contribution is 0.0960. The molecule has 2 N–H and O–H groups in total. The fourth-order valence-corrected chi connectivity index (χ4v) is 2.60. The minimum atomic E-state index is -0.0308. The van der Waals surface area contributed by atoms with E-state index in [-0.39, 0.29) is 23.3 Å². The molecular weight excluding hydrogens is 258 g/mol. The Morgan fingerprint density at radius 3 is 2.65 bits per heavy atom. The van der Waals surface area contributed by atoms with Crippen molar-refractivity contribution in [1.29, 1.82) is 0 Å². The number of phenols is 1. The third kappa shape index (κ3) is 3.04. The second kappa shape index (κ2) is 6.61. The first-order chi connectivity index (χ1) is 9.67. The SMILES string of the molecule is COc1c(O)ccc(C(=O)CC2CCCCN2)c1OC. The number of Topliss-reactive ketones (excluding diaryl/α,β-unsaturated/α-hetero) is 1. The standard InChI is InChI=1S/C15H21NO4/c1-19-14-11(6-7-12(17)15(14)20-2)13(18)9-10-5-3-4-8-16-10/h6-7,10,16-17H,3-5,8-9H2,1-2H3. The maximum absolute atomic E-state index is 12.4. The summed E-state index contributed by atoms with van der Waals surface area (Å²) in [4.78, 5) is 12.4. The molecule has 20 heavy (non-hydrogen) atoms. The van der Waals surface area contributed by atoms with E-state index in [1.54, 1.807) is 6.07 Å². The maximum Gasteiger partial charge on any atom is 0.203 e. The molecular formula is C15H21NO4. The Bertz CT molecular complexity index is 481. The summed E-state index contributed by atoms with van der Waals surface area (Å²) < 4.78 is 10.3. The van der Waals surface area contributed by atoms with Crippen LogP contribution in [0.1, 0.15) is 36.0 Å². The van der Waals surface area contributed by atoms with Crippen LogP contribution in [0.3, 0.4) is 0 Å². The van der Waals surface area contributed by atoms with Crippen molar-refractivity contribution in [3.8, 4) is 17.2 Å². The van der Waals surface area contributed by atoms with Crippen molar-refractivity contribution in [1.82, 2.24) is 5.32 Å². The lowest BCUT2D eigenvalue weighted by Crippen LogP contribution is -2.35. The van der Waals surface area contributed by atoms with E-state index in [0.29, 0.717) is 17.7 Å². The second-order valence-corrected chi connectivity index (χ2v) is 4.97. The molecule has 1 heterocycles. The number of hydrogen-bond donors (Lipinski definition) is 2. The molecule has 5 heteroatoms. The third-order valence-electron chi connectivity index (χ3n) is 3.64. The van der Waals surface area contributed by atoms with Gasteiger partial charge in [-0.05, 0) is 31.5 Å². The van der Waals surface area contributed by atoms with Gasteiger partial charge in [-0.2, -0.15) is 0 Å². The van der Waals surface area contributed by atoms with Crippen LogP contribution < -0.4 is 14.8 Å². The van der Waals surface area contributed by atoms with E-state index in [9.17, 15) is 9.90 Å². The lowest BCUT2D eigenvalue weighted by Gasteiger charge is -2.23. The molecule has 0 aromatic heterocycles. The predicted molar refractivity (Wildman–Crippen MR) is 75.8 cm³/mol. The number of nitrogens with one attached hydrogen (secondary N) is 1. The van der Waals surface area contributed by atoms with Gasteiger partial charge in [0.2, 0.25) is 5.75 Å². The molecule has 0 radical (unpaired) electrons. The van der Waals surface area contributed by atoms with Crippen LogP contribution in [0.5, 0.6) is 17.2 Å². The highest BCUT2D eigenvalue weighted by atomic mass is 16.5. The molecule has 0 bridgehead atoms. The molecule has 110 valence electrons. The smallest absolute Gasteiger partial charge is 0.203 e. The van der Waals surface area contributed by atoms with Gasteiger partial charge in [-0.15, -0.1) is 0 Å². The summed E-state index contributed by atoms with van der Waals surface area (Å²) in [7, 11) is 2.90. The molecule has 1 fully saturated rings. The summed E-state index contributed by atoms with van der Waals surface area (Å²) in [6, 6.07) is 3.27. The molecule has 0 saturated carbocycles. The highest BCUT2D eigenvalue weighted by Gasteiger charge is 2.23. The summed E-state index contributed by atoms with van der Waals surface area (Å²) in [5.41, 5.74) is 0.453. The number of benzene rings is 1. The zero-order chi connectivity index (χ0) is 14.5. The first-order valence-corrected chi connectivity index (χ1v) is 6.88. The van der Waals surface area contributed by atoms with Crippen LogP contribution in [0.2, 0.25) is 0 Å². The van der Waals surface area contributed by atoms with E-state index in [2.05, 4.69) is 5.32 Å². The number of carbonyl (C=O) groups is 1. The van der Waals surface area contributed by atoms with E-state index in [4.69, 9.17) is 9.47 Å². The molecule has 1 aromatic carbocycles. The van der Waals surface area contributed by atoms with Gasteiger partial charge in [-0.25, -0.2) is 0 Å². The zero-order valence-corrected chi connectivity index (χ0v) is 11.9. The van der Waals surface area contributed by atoms with E-state index < -0.39 is 0 Å². The van der Waals surface area contributed by atoms with Crippen LogP contribution in [0, 0.1) is 0 Å². The second-order valence-electron chi connectivity index (χ2n) is 4.97. The Labute approximate surface area is 118 Å². The van der Waals surface area contributed by atoms with Gasteiger partial charge < -0.3 is 19.9 Å². The monoisotopic (exact) mass is 279 g/mol. The Hall–Kier alpha value is -1.75. The normalized spacial score (nSPS) is 18.6. The van der Waals surface area contributed by atoms with Crippen molar-refractivity contribution in [2.75, 3.05) is 20.8 Å². The minimum absolute atomic E-state index is 0.000417. The number of piperidine rings is 1. The fraction of sp³-hybridized carbons (Fsp3) is 0.533. The van der Waals surface area contributed by atoms with Crippen LogP contribution >= 0.6 is 0 Å². The van der Waals surface area contributed by atoms with E-state index in [1.807, 2.05) is 0 Å². The van der Waals surface area contributed by atoms with Gasteiger partial charge in [0, 0.05) is 12.5 Å². The first-order valence-electron chi connectivity index (χ1n) is 6.88. The molecule has 1 aliphatic rings. The van der Waals surface area contributed by atoms with Gasteiger partial charge in [0.1, 0.15) is 0 Å². The topological polar surface area (TPSA) is 67.8 Å². The number of hydrogen-bond acceptors (Lipinski definition) is 5. The highest BCUT2D eigenvalue weighted by molar-refractivity contribution is 6.00. The number of aromatic hydroxyl groups is 1. The van der Waals surface area contributed by atoms with Crippen molar-refractivity contribution in [3.05, 3.63) is 17.7 Å². The number of ketones is 1. The highest BCUT2D eigenvalue weighted by Crippen LogP contribution is 2.39. The van der Waals surface area contributed by atoms with E-state index in [1.165, 1.54) is 26.7 Å². The minimum Gasteiger partial charge on any atom is -0.504 e. The van der Waals surface area contributed by atoms with Gasteiger partial charge in [-0.1, -0.05) is 6.42 Å². The van der Waals surface area contributed by atoms with Crippen molar-refractivity contribution in [2.45, 2.75) is 31.7 Å². The maximum atomic E-state index is 12.4. The van der Waals surface area contributed by atoms with Crippen molar-refractivity contribution in [2.24, 2.45) is 0 Å². The number of ether oxygens (including phenoxy) is 2. The molecule has 1 aliphatic heterocycles. The van der Waals surface area contributed by atoms with Crippen molar-refractivity contribution >= 4 is 5.78 Å². The first kappa shape index (κ1) is 14.7. The molecule has 1 saturated heterocycles. The van der Waals surface area contributed by atoms with Gasteiger partial charge in [0.05, 0.1) is 19.8 Å². The Balaban J connectivity index is 2.20. The van der Waals surface area contributed by atoms with Crippen molar-refractivity contribution in [3.63, 3.8) is 0 Å². The zero-order valence-electron chi connectivity index (χ0n) is 11.9. The number of phenolic OH excluding ortho intramolecular Hbond substituents is 1. The molecule has 0 amide bonds. The summed E-state index contributed by atoms with van der Waals surface area (Å²) in [6.07, 6.45) is 3.77. The van der Waals surface area contributed by atoms with Crippen LogP contribution in [0.15, 0.2) is 12.1 Å². The third-order valence-corrected chi connectivity index (χ3v) is 3.64.